The number of alkyl halides is 2. The monoisotopic (exact) mass is 221 g/mol. The van der Waals surface area contributed by atoms with Gasteiger partial charge in [0, 0.05) is 6.54 Å². The van der Waals surface area contributed by atoms with Crippen molar-refractivity contribution in [2.24, 2.45) is 0 Å². The lowest BCUT2D eigenvalue weighted by atomic mass is 10.1. The average molecular weight is 221 g/mol. The Labute approximate surface area is 85.7 Å². The summed E-state index contributed by atoms with van der Waals surface area (Å²) in [7, 11) is 0. The zero-order valence-corrected chi connectivity index (χ0v) is 8.94. The minimum Gasteiger partial charge on any atom is -0.306 e. The fourth-order valence-corrected chi connectivity index (χ4v) is 1.84. The van der Waals surface area contributed by atoms with E-state index in [9.17, 15) is 8.78 Å². The standard InChI is InChI=1S/C8H13F2N3S/c1-5(2)8-6(14-13-12-8)3-11-4-7(9)10/h5,7,11H,3-4H2,1-2H3. The maximum absolute atomic E-state index is 11.8. The average Bonchev–Trinajstić information content (AvgIpc) is 2.51. The molecule has 0 radical (unpaired) electrons. The van der Waals surface area contributed by atoms with Crippen molar-refractivity contribution in [3.63, 3.8) is 0 Å². The van der Waals surface area contributed by atoms with Crippen LogP contribution in [0.5, 0.6) is 0 Å². The van der Waals surface area contributed by atoms with Crippen LogP contribution in [0.25, 0.3) is 0 Å². The molecule has 0 aliphatic heterocycles. The van der Waals surface area contributed by atoms with Crippen molar-refractivity contribution >= 4 is 11.5 Å². The second kappa shape index (κ2) is 5.31. The summed E-state index contributed by atoms with van der Waals surface area (Å²) in [5, 5.41) is 6.62. The van der Waals surface area contributed by atoms with Crippen molar-refractivity contribution in [1.29, 1.82) is 0 Å². The van der Waals surface area contributed by atoms with Crippen molar-refractivity contribution in [3.05, 3.63) is 10.6 Å². The normalized spacial score (nSPS) is 11.6. The molecule has 0 spiro atoms. The lowest BCUT2D eigenvalue weighted by Crippen LogP contribution is -2.20. The first-order valence-electron chi connectivity index (χ1n) is 4.41. The largest absolute Gasteiger partial charge is 0.306 e. The predicted octanol–water partition coefficient (Wildman–Crippen LogP) is 2.02. The van der Waals surface area contributed by atoms with E-state index in [1.807, 2.05) is 13.8 Å². The smallest absolute Gasteiger partial charge is 0.250 e. The van der Waals surface area contributed by atoms with Gasteiger partial charge >= 0.3 is 0 Å². The number of nitrogens with one attached hydrogen (secondary N) is 1. The van der Waals surface area contributed by atoms with Gasteiger partial charge in [-0.15, -0.1) is 5.10 Å². The Morgan fingerprint density at radius 3 is 2.71 bits per heavy atom. The topological polar surface area (TPSA) is 37.8 Å². The van der Waals surface area contributed by atoms with Crippen LogP contribution >= 0.6 is 11.5 Å². The highest BCUT2D eigenvalue weighted by molar-refractivity contribution is 7.05. The Morgan fingerprint density at radius 1 is 1.43 bits per heavy atom. The molecule has 0 aliphatic rings. The molecule has 1 N–H and O–H groups in total. The van der Waals surface area contributed by atoms with Gasteiger partial charge in [0.15, 0.2) is 0 Å². The van der Waals surface area contributed by atoms with E-state index in [4.69, 9.17) is 0 Å². The van der Waals surface area contributed by atoms with Gasteiger partial charge in [-0.3, -0.25) is 0 Å². The Hall–Kier alpha value is -0.620. The number of hydrogen-bond acceptors (Lipinski definition) is 4. The van der Waals surface area contributed by atoms with Gasteiger partial charge in [-0.25, -0.2) is 8.78 Å². The van der Waals surface area contributed by atoms with Gasteiger partial charge in [0.05, 0.1) is 17.1 Å². The first-order valence-corrected chi connectivity index (χ1v) is 5.18. The van der Waals surface area contributed by atoms with Gasteiger partial charge in [-0.2, -0.15) is 0 Å². The van der Waals surface area contributed by atoms with Crippen LogP contribution in [-0.4, -0.2) is 22.6 Å². The first-order chi connectivity index (χ1) is 6.61. The molecule has 80 valence electrons. The molecule has 1 aromatic heterocycles. The van der Waals surface area contributed by atoms with Gasteiger partial charge in [-0.05, 0) is 17.5 Å². The molecule has 0 atom stereocenters. The lowest BCUT2D eigenvalue weighted by Gasteiger charge is -2.05. The second-order valence-corrected chi connectivity index (χ2v) is 4.10. The van der Waals surface area contributed by atoms with Crippen molar-refractivity contribution in [2.45, 2.75) is 32.7 Å². The van der Waals surface area contributed by atoms with E-state index in [1.165, 1.54) is 11.5 Å². The predicted molar refractivity (Wildman–Crippen MR) is 51.7 cm³/mol. The summed E-state index contributed by atoms with van der Waals surface area (Å²) >= 11 is 1.26. The van der Waals surface area contributed by atoms with Gasteiger partial charge in [0.25, 0.3) is 6.43 Å². The van der Waals surface area contributed by atoms with E-state index in [1.54, 1.807) is 0 Å². The Kier molecular flexibility index (Phi) is 4.34. The molecular formula is C8H13F2N3S. The molecule has 14 heavy (non-hydrogen) atoms. The van der Waals surface area contributed by atoms with E-state index < -0.39 is 6.43 Å². The minimum absolute atomic E-state index is 0.282. The van der Waals surface area contributed by atoms with Crippen LogP contribution in [0.4, 0.5) is 8.78 Å². The molecule has 6 heteroatoms. The van der Waals surface area contributed by atoms with E-state index in [0.717, 1.165) is 10.6 Å². The van der Waals surface area contributed by atoms with E-state index in [0.29, 0.717) is 6.54 Å². The molecule has 0 amide bonds. The summed E-state index contributed by atoms with van der Waals surface area (Å²) in [5.41, 5.74) is 0.900. The van der Waals surface area contributed by atoms with Gasteiger partial charge in [0.1, 0.15) is 0 Å². The number of nitrogens with zero attached hydrogens (tertiary/aromatic N) is 2. The molecule has 0 saturated carbocycles. The van der Waals surface area contributed by atoms with Crippen molar-refractivity contribution in [3.8, 4) is 0 Å². The molecule has 0 aromatic carbocycles. The van der Waals surface area contributed by atoms with Crippen molar-refractivity contribution in [1.82, 2.24) is 14.9 Å². The maximum Gasteiger partial charge on any atom is 0.250 e. The van der Waals surface area contributed by atoms with Crippen LogP contribution in [-0.2, 0) is 6.54 Å². The van der Waals surface area contributed by atoms with Crippen LogP contribution in [0.3, 0.4) is 0 Å². The summed E-state index contributed by atoms with van der Waals surface area (Å²) in [6, 6.07) is 0. The maximum atomic E-state index is 11.8. The molecule has 0 fully saturated rings. The van der Waals surface area contributed by atoms with E-state index >= 15 is 0 Å². The van der Waals surface area contributed by atoms with Gasteiger partial charge < -0.3 is 5.32 Å². The molecule has 0 unspecified atom stereocenters. The lowest BCUT2D eigenvalue weighted by molar-refractivity contribution is 0.145. The Balaban J connectivity index is 2.46. The van der Waals surface area contributed by atoms with Crippen LogP contribution in [0, 0.1) is 0 Å². The van der Waals surface area contributed by atoms with E-state index in [2.05, 4.69) is 14.9 Å². The van der Waals surface area contributed by atoms with Gasteiger partial charge in [0.2, 0.25) is 0 Å². The molecule has 1 aromatic rings. The molecule has 1 heterocycles. The minimum atomic E-state index is -2.31. The summed E-state index contributed by atoms with van der Waals surface area (Å²) in [4.78, 5) is 0.945. The third-order valence-corrected chi connectivity index (χ3v) is 2.45. The van der Waals surface area contributed by atoms with Crippen LogP contribution in [0.1, 0.15) is 30.3 Å². The quantitative estimate of drug-likeness (QED) is 0.826. The SMILES string of the molecule is CC(C)c1nnsc1CNCC(F)F. The zero-order valence-electron chi connectivity index (χ0n) is 8.13. The molecule has 0 bridgehead atoms. The number of hydrogen-bond donors (Lipinski definition) is 1. The number of rotatable bonds is 5. The van der Waals surface area contributed by atoms with E-state index in [-0.39, 0.29) is 12.5 Å². The second-order valence-electron chi connectivity index (χ2n) is 3.26. The molecule has 1 rings (SSSR count). The Bertz CT molecular complexity index is 275. The first kappa shape index (κ1) is 11.5. The highest BCUT2D eigenvalue weighted by atomic mass is 32.1. The summed E-state index contributed by atoms with van der Waals surface area (Å²) in [5.74, 6) is 0.289. The molecule has 3 nitrogen and oxygen atoms in total. The number of halogens is 2. The van der Waals surface area contributed by atoms with Gasteiger partial charge in [-0.1, -0.05) is 18.3 Å². The Morgan fingerprint density at radius 2 is 2.14 bits per heavy atom. The van der Waals surface area contributed by atoms with Crippen molar-refractivity contribution < 1.29 is 8.78 Å². The molecule has 0 aliphatic carbocycles. The summed E-state index contributed by atoms with van der Waals surface area (Å²) in [6.07, 6.45) is -2.31. The zero-order chi connectivity index (χ0) is 10.6. The highest BCUT2D eigenvalue weighted by Gasteiger charge is 2.11. The van der Waals surface area contributed by atoms with Crippen LogP contribution in [0.2, 0.25) is 0 Å². The summed E-state index contributed by atoms with van der Waals surface area (Å²) < 4.78 is 27.5. The highest BCUT2D eigenvalue weighted by Crippen LogP contribution is 2.19. The van der Waals surface area contributed by atoms with Crippen LogP contribution in [0.15, 0.2) is 0 Å². The number of aromatic nitrogens is 2. The van der Waals surface area contributed by atoms with Crippen molar-refractivity contribution in [2.75, 3.05) is 6.54 Å². The summed E-state index contributed by atoms with van der Waals surface area (Å²) in [6.45, 7) is 4.16. The van der Waals surface area contributed by atoms with Crippen LogP contribution < -0.4 is 5.32 Å². The molecular weight excluding hydrogens is 208 g/mol. The molecule has 0 saturated heterocycles. The third kappa shape index (κ3) is 3.26. The fraction of sp³-hybridized carbons (Fsp3) is 0.750. The fourth-order valence-electron chi connectivity index (χ4n) is 1.07. The third-order valence-electron chi connectivity index (χ3n) is 1.72.